The lowest BCUT2D eigenvalue weighted by molar-refractivity contribution is 0.418. The Morgan fingerprint density at radius 3 is 1.77 bits per heavy atom. The first-order chi connectivity index (χ1) is 10.9. The van der Waals surface area contributed by atoms with Crippen LogP contribution in [0.3, 0.4) is 0 Å². The van der Waals surface area contributed by atoms with Gasteiger partial charge >= 0.3 is 0 Å². The molecule has 22 heavy (non-hydrogen) atoms. The van der Waals surface area contributed by atoms with Crippen LogP contribution < -0.4 is 0 Å². The van der Waals surface area contributed by atoms with Gasteiger partial charge in [0.15, 0.2) is 0 Å². The zero-order valence-corrected chi connectivity index (χ0v) is 15.8. The molecular weight excluding hydrogens is 283 g/mol. The van der Waals surface area contributed by atoms with E-state index in [4.69, 9.17) is 0 Å². The zero-order valence-electron chi connectivity index (χ0n) is 14.9. The molecule has 0 amide bonds. The quantitative estimate of drug-likeness (QED) is 0.441. The third kappa shape index (κ3) is 4.37. The molecule has 3 fully saturated rings. The number of hydrogen-bond donors (Lipinski definition) is 0. The Hall–Kier alpha value is 0.170. The normalized spacial score (nSPS) is 26.4. The molecule has 0 aliphatic heterocycles. The summed E-state index contributed by atoms with van der Waals surface area (Å²) in [6.07, 6.45) is 25.5. The molecule has 0 unspecified atom stereocenters. The van der Waals surface area contributed by atoms with Crippen molar-refractivity contribution in [2.24, 2.45) is 5.92 Å². The number of hydrogen-bond acceptors (Lipinski definition) is 0. The molecule has 0 atom stereocenters. The van der Waals surface area contributed by atoms with E-state index in [0.717, 1.165) is 17.2 Å². The molecule has 0 spiro atoms. The van der Waals surface area contributed by atoms with Crippen LogP contribution in [0.2, 0.25) is 0 Å². The highest BCUT2D eigenvalue weighted by molar-refractivity contribution is 7.63. The van der Waals surface area contributed by atoms with Gasteiger partial charge in [0.1, 0.15) is 0 Å². The van der Waals surface area contributed by atoms with Gasteiger partial charge in [0.05, 0.1) is 0 Å². The molecule has 3 saturated carbocycles. The second kappa shape index (κ2) is 8.86. The SMILES string of the molecule is CCCC(=CC1CCCCC1)P(C1CCCC1)C1CCCC1. The van der Waals surface area contributed by atoms with Gasteiger partial charge in [-0.25, -0.2) is 0 Å². The van der Waals surface area contributed by atoms with Gasteiger partial charge < -0.3 is 0 Å². The minimum Gasteiger partial charge on any atom is -0.0777 e. The van der Waals surface area contributed by atoms with Gasteiger partial charge in [-0.05, 0) is 67.5 Å². The fourth-order valence-corrected chi connectivity index (χ4v) is 9.50. The van der Waals surface area contributed by atoms with Gasteiger partial charge in [-0.2, -0.15) is 0 Å². The van der Waals surface area contributed by atoms with Gasteiger partial charge in [0.2, 0.25) is 0 Å². The topological polar surface area (TPSA) is 0 Å². The van der Waals surface area contributed by atoms with Crippen LogP contribution in [0.1, 0.15) is 103 Å². The van der Waals surface area contributed by atoms with Crippen molar-refractivity contribution in [2.75, 3.05) is 0 Å². The molecule has 3 aliphatic rings. The summed E-state index contributed by atoms with van der Waals surface area (Å²) < 4.78 is 0. The lowest BCUT2D eigenvalue weighted by Gasteiger charge is -2.34. The predicted octanol–water partition coefficient (Wildman–Crippen LogP) is 7.62. The highest BCUT2D eigenvalue weighted by Crippen LogP contribution is 2.63. The maximum absolute atomic E-state index is 2.85. The van der Waals surface area contributed by atoms with Gasteiger partial charge in [0, 0.05) is 0 Å². The summed E-state index contributed by atoms with van der Waals surface area (Å²) in [6.45, 7) is 2.41. The minimum absolute atomic E-state index is 0.204. The summed E-state index contributed by atoms with van der Waals surface area (Å²) in [5.74, 6) is 0.947. The Morgan fingerprint density at radius 2 is 1.27 bits per heavy atom. The van der Waals surface area contributed by atoms with Crippen molar-refractivity contribution in [1.29, 1.82) is 0 Å². The molecule has 0 bridgehead atoms. The van der Waals surface area contributed by atoms with Gasteiger partial charge in [-0.1, -0.05) is 72.3 Å². The van der Waals surface area contributed by atoms with Crippen LogP contribution in [0, 0.1) is 5.92 Å². The Balaban J connectivity index is 1.78. The van der Waals surface area contributed by atoms with Crippen LogP contribution >= 0.6 is 7.92 Å². The van der Waals surface area contributed by atoms with Crippen LogP contribution in [-0.4, -0.2) is 11.3 Å². The van der Waals surface area contributed by atoms with Crippen LogP contribution in [0.25, 0.3) is 0 Å². The lowest BCUT2D eigenvalue weighted by atomic mass is 9.89. The molecular formula is C21H37P. The van der Waals surface area contributed by atoms with Crippen molar-refractivity contribution in [1.82, 2.24) is 0 Å². The fraction of sp³-hybridized carbons (Fsp3) is 0.905. The van der Waals surface area contributed by atoms with Crippen molar-refractivity contribution < 1.29 is 0 Å². The molecule has 0 saturated heterocycles. The predicted molar refractivity (Wildman–Crippen MR) is 101 cm³/mol. The van der Waals surface area contributed by atoms with Gasteiger partial charge in [-0.3, -0.25) is 0 Å². The second-order valence-electron chi connectivity index (χ2n) is 8.09. The van der Waals surface area contributed by atoms with E-state index in [1.165, 1.54) is 70.6 Å². The highest BCUT2D eigenvalue weighted by atomic mass is 31.1. The average molecular weight is 321 g/mol. The van der Waals surface area contributed by atoms with Crippen molar-refractivity contribution in [2.45, 2.75) is 115 Å². The van der Waals surface area contributed by atoms with Crippen LogP contribution in [-0.2, 0) is 0 Å². The molecule has 0 aromatic rings. The van der Waals surface area contributed by atoms with Crippen LogP contribution in [0.4, 0.5) is 0 Å². The average Bonchev–Trinajstić information content (AvgIpc) is 3.23. The van der Waals surface area contributed by atoms with Gasteiger partial charge in [-0.15, -0.1) is 0 Å². The largest absolute Gasteiger partial charge is 0.0777 e. The molecule has 3 aliphatic carbocycles. The summed E-state index contributed by atoms with van der Waals surface area (Å²) in [5, 5.41) is 1.99. The number of allylic oxidation sites excluding steroid dienone is 2. The van der Waals surface area contributed by atoms with Crippen LogP contribution in [0.5, 0.6) is 0 Å². The summed E-state index contributed by atoms with van der Waals surface area (Å²) in [7, 11) is 0.204. The second-order valence-corrected chi connectivity index (χ2v) is 10.9. The van der Waals surface area contributed by atoms with Crippen molar-refractivity contribution in [3.05, 3.63) is 11.4 Å². The van der Waals surface area contributed by atoms with Crippen molar-refractivity contribution >= 4 is 7.92 Å². The standard InChI is InChI=1S/C21H37P/c1-2-10-21(17-18-11-4-3-5-12-18)22(19-13-6-7-14-19)20-15-8-9-16-20/h17-20H,2-16H2,1H3. The molecule has 0 N–H and O–H groups in total. The van der Waals surface area contributed by atoms with E-state index in [2.05, 4.69) is 13.0 Å². The van der Waals surface area contributed by atoms with E-state index >= 15 is 0 Å². The van der Waals surface area contributed by atoms with E-state index in [0.29, 0.717) is 0 Å². The summed E-state index contributed by atoms with van der Waals surface area (Å²) in [5.41, 5.74) is 2.22. The monoisotopic (exact) mass is 320 g/mol. The first-order valence-corrected chi connectivity index (χ1v) is 11.9. The zero-order chi connectivity index (χ0) is 15.2. The van der Waals surface area contributed by atoms with E-state index < -0.39 is 0 Å². The van der Waals surface area contributed by atoms with E-state index in [1.807, 2.05) is 5.31 Å². The Morgan fingerprint density at radius 1 is 0.773 bits per heavy atom. The molecule has 0 nitrogen and oxygen atoms in total. The number of rotatable bonds is 6. The van der Waals surface area contributed by atoms with Crippen molar-refractivity contribution in [3.8, 4) is 0 Å². The summed E-state index contributed by atoms with van der Waals surface area (Å²) in [6, 6.07) is 0. The smallest absolute Gasteiger partial charge is 0.0170 e. The molecule has 0 aromatic heterocycles. The van der Waals surface area contributed by atoms with Crippen molar-refractivity contribution in [3.63, 3.8) is 0 Å². The Labute approximate surface area is 140 Å². The molecule has 1 heteroatoms. The van der Waals surface area contributed by atoms with Crippen LogP contribution in [0.15, 0.2) is 11.4 Å². The summed E-state index contributed by atoms with van der Waals surface area (Å²) >= 11 is 0. The molecule has 3 rings (SSSR count). The fourth-order valence-electron chi connectivity index (χ4n) is 5.26. The third-order valence-corrected chi connectivity index (χ3v) is 9.99. The Kier molecular flexibility index (Phi) is 6.85. The molecule has 0 aromatic carbocycles. The first-order valence-electron chi connectivity index (χ1n) is 10.4. The maximum Gasteiger partial charge on any atom is -0.0170 e. The van der Waals surface area contributed by atoms with E-state index in [9.17, 15) is 0 Å². The maximum atomic E-state index is 2.85. The van der Waals surface area contributed by atoms with E-state index in [-0.39, 0.29) is 7.92 Å². The van der Waals surface area contributed by atoms with E-state index in [1.54, 1.807) is 25.7 Å². The lowest BCUT2D eigenvalue weighted by Crippen LogP contribution is -2.13. The molecule has 0 radical (unpaired) electrons. The van der Waals surface area contributed by atoms with Gasteiger partial charge in [0.25, 0.3) is 0 Å². The minimum atomic E-state index is 0.204. The molecule has 126 valence electrons. The highest BCUT2D eigenvalue weighted by Gasteiger charge is 2.34. The Bertz CT molecular complexity index is 325. The first kappa shape index (κ1) is 17.0. The summed E-state index contributed by atoms with van der Waals surface area (Å²) in [4.78, 5) is 0. The third-order valence-electron chi connectivity index (χ3n) is 6.35. The molecule has 0 heterocycles.